The van der Waals surface area contributed by atoms with E-state index in [1.54, 1.807) is 0 Å². The summed E-state index contributed by atoms with van der Waals surface area (Å²) in [7, 11) is 0. The van der Waals surface area contributed by atoms with Gasteiger partial charge < -0.3 is 9.32 Å². The smallest absolute Gasteiger partial charge is 0.143 e. The van der Waals surface area contributed by atoms with Crippen molar-refractivity contribution in [2.24, 2.45) is 0 Å². The molecule has 0 amide bonds. The SMILES string of the molecule is c1ccc(-c2ccc(-c3ccccc3N(c3ccccc3)c3ccc(-c4ccc(-c5cccc(-c6oc7ccccc7c6-c6ccccc6)c5)cc4)cc3)cc2)cc1. The quantitative estimate of drug-likeness (QED) is 0.146. The van der Waals surface area contributed by atoms with Crippen molar-refractivity contribution in [3.05, 3.63) is 237 Å². The zero-order valence-corrected chi connectivity index (χ0v) is 31.9. The maximum atomic E-state index is 6.54. The number of nitrogens with zero attached hydrogens (tertiary/aromatic N) is 1. The van der Waals surface area contributed by atoms with Gasteiger partial charge in [0.25, 0.3) is 0 Å². The highest BCUT2D eigenvalue weighted by Gasteiger charge is 2.19. The Kier molecular flexibility index (Phi) is 9.27. The first-order valence-corrected chi connectivity index (χ1v) is 19.8. The van der Waals surface area contributed by atoms with Crippen molar-refractivity contribution in [3.63, 3.8) is 0 Å². The number of para-hydroxylation sites is 3. The van der Waals surface area contributed by atoms with Gasteiger partial charge in [-0.2, -0.15) is 0 Å². The van der Waals surface area contributed by atoms with E-state index in [0.717, 1.165) is 67.2 Å². The van der Waals surface area contributed by atoms with Gasteiger partial charge in [-0.3, -0.25) is 0 Å². The van der Waals surface area contributed by atoms with Crippen LogP contribution in [0.5, 0.6) is 0 Å². The highest BCUT2D eigenvalue weighted by molar-refractivity contribution is 6.02. The van der Waals surface area contributed by atoms with Crippen LogP contribution < -0.4 is 4.90 Å². The third-order valence-electron chi connectivity index (χ3n) is 10.9. The van der Waals surface area contributed by atoms with Gasteiger partial charge in [0.2, 0.25) is 0 Å². The molecule has 0 N–H and O–H groups in total. The second-order valence-corrected chi connectivity index (χ2v) is 14.5. The number of benzene rings is 9. The summed E-state index contributed by atoms with van der Waals surface area (Å²) >= 11 is 0. The Morgan fingerprint density at radius 1 is 0.293 bits per heavy atom. The molecule has 1 aromatic heterocycles. The van der Waals surface area contributed by atoms with Crippen molar-refractivity contribution in [2.45, 2.75) is 0 Å². The summed E-state index contributed by atoms with van der Waals surface area (Å²) in [5.41, 5.74) is 16.9. The summed E-state index contributed by atoms with van der Waals surface area (Å²) in [6.45, 7) is 0. The Hall–Kier alpha value is -7.68. The largest absolute Gasteiger partial charge is 0.455 e. The van der Waals surface area contributed by atoms with Gasteiger partial charge in [-0.1, -0.05) is 194 Å². The summed E-state index contributed by atoms with van der Waals surface area (Å²) in [6.07, 6.45) is 0. The van der Waals surface area contributed by atoms with E-state index in [4.69, 9.17) is 4.42 Å². The van der Waals surface area contributed by atoms with Crippen molar-refractivity contribution in [2.75, 3.05) is 4.90 Å². The second-order valence-electron chi connectivity index (χ2n) is 14.5. The van der Waals surface area contributed by atoms with Crippen LogP contribution in [0.15, 0.2) is 241 Å². The van der Waals surface area contributed by atoms with E-state index in [1.165, 1.54) is 27.8 Å². The van der Waals surface area contributed by atoms with Crippen LogP contribution in [0.2, 0.25) is 0 Å². The zero-order valence-electron chi connectivity index (χ0n) is 31.9. The lowest BCUT2D eigenvalue weighted by molar-refractivity contribution is 0.632. The predicted molar refractivity (Wildman–Crippen MR) is 244 cm³/mol. The molecule has 0 radical (unpaired) electrons. The van der Waals surface area contributed by atoms with Gasteiger partial charge in [0.15, 0.2) is 0 Å². The van der Waals surface area contributed by atoms with Crippen LogP contribution in [0.4, 0.5) is 17.1 Å². The summed E-state index contributed by atoms with van der Waals surface area (Å²) in [5, 5.41) is 1.12. The lowest BCUT2D eigenvalue weighted by Gasteiger charge is -2.28. The predicted octanol–water partition coefficient (Wildman–Crippen LogP) is 15.9. The molecule has 2 nitrogen and oxygen atoms in total. The molecule has 274 valence electrons. The monoisotopic (exact) mass is 741 g/mol. The van der Waals surface area contributed by atoms with Gasteiger partial charge in [-0.25, -0.2) is 0 Å². The maximum Gasteiger partial charge on any atom is 0.143 e. The number of hydrogen-bond donors (Lipinski definition) is 0. The number of fused-ring (bicyclic) bond motifs is 1. The van der Waals surface area contributed by atoms with Gasteiger partial charge in [0.05, 0.1) is 5.69 Å². The molecule has 9 aromatic carbocycles. The molecule has 0 unspecified atom stereocenters. The second kappa shape index (κ2) is 15.5. The number of anilines is 3. The van der Waals surface area contributed by atoms with Gasteiger partial charge in [0, 0.05) is 33.5 Å². The molecule has 1 heterocycles. The van der Waals surface area contributed by atoms with E-state index in [1.807, 2.05) is 12.1 Å². The Balaban J connectivity index is 0.948. The number of hydrogen-bond acceptors (Lipinski definition) is 2. The molecule has 10 aromatic rings. The first kappa shape index (κ1) is 34.8. The van der Waals surface area contributed by atoms with Crippen LogP contribution in [-0.4, -0.2) is 0 Å². The third kappa shape index (κ3) is 6.78. The lowest BCUT2D eigenvalue weighted by atomic mass is 9.95. The molecule has 0 saturated carbocycles. The molecule has 0 fully saturated rings. The Bertz CT molecular complexity index is 2950. The lowest BCUT2D eigenvalue weighted by Crippen LogP contribution is -2.11. The molecule has 58 heavy (non-hydrogen) atoms. The van der Waals surface area contributed by atoms with Crippen LogP contribution in [0.3, 0.4) is 0 Å². The average Bonchev–Trinajstić information content (AvgIpc) is 3.71. The molecule has 2 heteroatoms. The molecule has 0 aliphatic carbocycles. The number of furan rings is 1. The van der Waals surface area contributed by atoms with Crippen molar-refractivity contribution in [1.29, 1.82) is 0 Å². The molecule has 0 bridgehead atoms. The molecule has 0 aliphatic rings. The van der Waals surface area contributed by atoms with E-state index < -0.39 is 0 Å². The molecular formula is C56H39NO. The van der Waals surface area contributed by atoms with E-state index in [2.05, 4.69) is 229 Å². The van der Waals surface area contributed by atoms with Crippen LogP contribution in [0, 0.1) is 0 Å². The fraction of sp³-hybridized carbons (Fsp3) is 0. The van der Waals surface area contributed by atoms with Gasteiger partial charge >= 0.3 is 0 Å². The highest BCUT2D eigenvalue weighted by atomic mass is 16.3. The normalized spacial score (nSPS) is 11.1. The zero-order chi connectivity index (χ0) is 38.7. The maximum absolute atomic E-state index is 6.54. The van der Waals surface area contributed by atoms with E-state index in [0.29, 0.717) is 0 Å². The van der Waals surface area contributed by atoms with E-state index >= 15 is 0 Å². The van der Waals surface area contributed by atoms with Crippen molar-refractivity contribution in [3.8, 4) is 67.0 Å². The summed E-state index contributed by atoms with van der Waals surface area (Å²) in [6, 6.07) is 84.0. The number of rotatable bonds is 9. The average molecular weight is 742 g/mol. The molecule has 0 atom stereocenters. The Morgan fingerprint density at radius 2 is 0.741 bits per heavy atom. The first-order valence-electron chi connectivity index (χ1n) is 19.8. The molecule has 10 rings (SSSR count). The van der Waals surface area contributed by atoms with Crippen LogP contribution in [0.25, 0.3) is 77.9 Å². The molecular weight excluding hydrogens is 703 g/mol. The molecule has 0 spiro atoms. The van der Waals surface area contributed by atoms with Crippen molar-refractivity contribution in [1.82, 2.24) is 0 Å². The fourth-order valence-electron chi connectivity index (χ4n) is 8.03. The topological polar surface area (TPSA) is 16.4 Å². The van der Waals surface area contributed by atoms with Crippen molar-refractivity contribution < 1.29 is 4.42 Å². The van der Waals surface area contributed by atoms with Gasteiger partial charge in [0.1, 0.15) is 11.3 Å². The minimum absolute atomic E-state index is 0.888. The van der Waals surface area contributed by atoms with Crippen molar-refractivity contribution >= 4 is 28.0 Å². The van der Waals surface area contributed by atoms with E-state index in [-0.39, 0.29) is 0 Å². The Labute approximate surface area is 339 Å². The summed E-state index contributed by atoms with van der Waals surface area (Å²) in [4.78, 5) is 2.35. The van der Waals surface area contributed by atoms with Crippen LogP contribution in [0.1, 0.15) is 0 Å². The minimum Gasteiger partial charge on any atom is -0.455 e. The molecule has 0 aliphatic heterocycles. The highest BCUT2D eigenvalue weighted by Crippen LogP contribution is 2.43. The van der Waals surface area contributed by atoms with Gasteiger partial charge in [-0.15, -0.1) is 0 Å². The third-order valence-corrected chi connectivity index (χ3v) is 10.9. The van der Waals surface area contributed by atoms with Crippen LogP contribution in [-0.2, 0) is 0 Å². The van der Waals surface area contributed by atoms with Crippen LogP contribution >= 0.6 is 0 Å². The van der Waals surface area contributed by atoms with E-state index in [9.17, 15) is 0 Å². The standard InChI is InChI=1S/C56H39NO/c1-4-15-40(16-5-1)41-31-33-45(34-32-41)51-23-10-12-25-53(51)57(49-21-8-3-9-22-49)50-37-35-43(36-38-50)42-27-29-44(30-28-42)47-19-14-20-48(39-47)56-55(46-17-6-2-7-18-46)52-24-11-13-26-54(52)58-56/h1-39H. The molecule has 0 saturated heterocycles. The first-order chi connectivity index (χ1) is 28.8. The Morgan fingerprint density at radius 3 is 1.41 bits per heavy atom. The minimum atomic E-state index is 0.888. The summed E-state index contributed by atoms with van der Waals surface area (Å²) in [5.74, 6) is 0.888. The van der Waals surface area contributed by atoms with Gasteiger partial charge in [-0.05, 0) is 87.0 Å². The summed E-state index contributed by atoms with van der Waals surface area (Å²) < 4.78 is 6.54. The fourth-order valence-corrected chi connectivity index (χ4v) is 8.03.